The molecule has 1 N–H and O–H groups in total. The Morgan fingerprint density at radius 2 is 2.28 bits per heavy atom. The minimum Gasteiger partial charge on any atom is -0.479 e. The number of carboxylic acids is 1. The lowest BCUT2D eigenvalue weighted by atomic mass is 10.1. The van der Waals surface area contributed by atoms with E-state index in [0.717, 1.165) is 0 Å². The number of carboxylic acid groups (broad SMARTS) is 1. The highest BCUT2D eigenvalue weighted by Gasteiger charge is 2.25. The number of hydrogen-bond acceptors (Lipinski definition) is 5. The van der Waals surface area contributed by atoms with E-state index in [9.17, 15) is 14.9 Å². The molecule has 1 unspecified atom stereocenters. The van der Waals surface area contributed by atoms with Gasteiger partial charge < -0.3 is 20.0 Å². The maximum absolute atomic E-state index is 11.0. The lowest BCUT2D eigenvalue weighted by Gasteiger charge is -2.16. The van der Waals surface area contributed by atoms with Crippen LogP contribution >= 0.6 is 0 Å². The topological polar surface area (TPSA) is 103 Å². The predicted octanol–water partition coefficient (Wildman–Crippen LogP) is 1.87. The summed E-state index contributed by atoms with van der Waals surface area (Å²) in [6.07, 6.45) is 0.401. The molecular formula is C11H14N2O5. The van der Waals surface area contributed by atoms with Gasteiger partial charge in [0.25, 0.3) is 0 Å². The van der Waals surface area contributed by atoms with E-state index in [1.165, 1.54) is 18.3 Å². The molecule has 0 radical (unpaired) electrons. The zero-order valence-electron chi connectivity index (χ0n) is 10.1. The minimum atomic E-state index is -1.15. The van der Waals surface area contributed by atoms with Gasteiger partial charge in [-0.15, -0.1) is 0 Å². The fraction of sp³-hybridized carbons (Fsp3) is 0.455. The highest BCUT2D eigenvalue weighted by molar-refractivity contribution is 5.73. The zero-order valence-corrected chi connectivity index (χ0v) is 10.1. The summed E-state index contributed by atoms with van der Waals surface area (Å²) >= 11 is 0. The molecule has 0 bridgehead atoms. The molecule has 0 aliphatic carbocycles. The molecule has 98 valence electrons. The molecular weight excluding hydrogens is 240 g/mol. The second-order valence-electron chi connectivity index (χ2n) is 4.16. The number of aromatic nitrogens is 1. The number of hydrogen-bond donors (Lipinski definition) is 1. The van der Waals surface area contributed by atoms with E-state index in [0.29, 0.717) is 0 Å². The number of carbonyl (C=O) groups is 1. The van der Waals surface area contributed by atoms with E-state index < -0.39 is 22.8 Å². The Morgan fingerprint density at radius 1 is 1.61 bits per heavy atom. The quantitative estimate of drug-likeness (QED) is 0.614. The number of aliphatic carboxylic acids is 1. The smallest absolute Gasteiger partial charge is 0.406 e. The molecule has 18 heavy (non-hydrogen) atoms. The Labute approximate surface area is 104 Å². The monoisotopic (exact) mass is 254 g/mol. The predicted molar refractivity (Wildman–Crippen MR) is 62.4 cm³/mol. The Balaban J connectivity index is 2.93. The van der Waals surface area contributed by atoms with Crippen molar-refractivity contribution in [3.05, 3.63) is 28.4 Å². The number of rotatable bonds is 6. The van der Waals surface area contributed by atoms with Crippen molar-refractivity contribution in [3.63, 3.8) is 0 Å². The lowest BCUT2D eigenvalue weighted by molar-refractivity contribution is -0.390. The van der Waals surface area contributed by atoms with Crippen LogP contribution in [0.5, 0.6) is 5.75 Å². The van der Waals surface area contributed by atoms with Crippen LogP contribution in [0.25, 0.3) is 0 Å². The van der Waals surface area contributed by atoms with Crippen LogP contribution in [-0.2, 0) is 4.79 Å². The summed E-state index contributed by atoms with van der Waals surface area (Å²) in [5.41, 5.74) is 0. The van der Waals surface area contributed by atoms with Crippen LogP contribution in [0.15, 0.2) is 18.3 Å². The maximum Gasteiger partial charge on any atom is 0.406 e. The summed E-state index contributed by atoms with van der Waals surface area (Å²) in [7, 11) is 0. The molecule has 0 spiro atoms. The van der Waals surface area contributed by atoms with Gasteiger partial charge in [0.15, 0.2) is 6.10 Å². The standard InChI is InChI=1S/C11H14N2O5/c1-7(2)6-9(11(14)15)18-8-4-3-5-12-10(8)13(16)17/h3-5,7,9H,6H2,1-2H3,(H,14,15). The molecule has 0 saturated heterocycles. The van der Waals surface area contributed by atoms with Crippen molar-refractivity contribution in [2.45, 2.75) is 26.4 Å². The Kier molecular flexibility index (Phi) is 4.59. The van der Waals surface area contributed by atoms with Crippen molar-refractivity contribution in [1.29, 1.82) is 0 Å². The van der Waals surface area contributed by atoms with Crippen molar-refractivity contribution in [2.24, 2.45) is 5.92 Å². The van der Waals surface area contributed by atoms with Gasteiger partial charge in [0, 0.05) is 0 Å². The molecule has 7 nitrogen and oxygen atoms in total. The van der Waals surface area contributed by atoms with Gasteiger partial charge >= 0.3 is 11.8 Å². The molecule has 0 aliphatic rings. The van der Waals surface area contributed by atoms with Crippen molar-refractivity contribution >= 4 is 11.8 Å². The molecule has 0 fully saturated rings. The average molecular weight is 254 g/mol. The van der Waals surface area contributed by atoms with Crippen LogP contribution in [-0.4, -0.2) is 27.1 Å². The van der Waals surface area contributed by atoms with E-state index in [4.69, 9.17) is 9.84 Å². The maximum atomic E-state index is 11.0. The summed E-state index contributed by atoms with van der Waals surface area (Å²) in [5, 5.41) is 19.7. The fourth-order valence-electron chi connectivity index (χ4n) is 1.39. The first kappa shape index (κ1) is 13.9. The third kappa shape index (κ3) is 3.69. The van der Waals surface area contributed by atoms with E-state index in [1.807, 2.05) is 13.8 Å². The Morgan fingerprint density at radius 3 is 2.78 bits per heavy atom. The summed E-state index contributed by atoms with van der Waals surface area (Å²) < 4.78 is 5.18. The SMILES string of the molecule is CC(C)CC(Oc1cccnc1[N+](=O)[O-])C(=O)O. The van der Waals surface area contributed by atoms with Crippen molar-refractivity contribution in [3.8, 4) is 5.75 Å². The van der Waals surface area contributed by atoms with Crippen molar-refractivity contribution in [2.75, 3.05) is 0 Å². The molecule has 1 aromatic rings. The highest BCUT2D eigenvalue weighted by atomic mass is 16.6. The van der Waals surface area contributed by atoms with E-state index in [-0.39, 0.29) is 18.1 Å². The van der Waals surface area contributed by atoms with Crippen LogP contribution in [0.3, 0.4) is 0 Å². The average Bonchev–Trinajstić information content (AvgIpc) is 2.27. The first-order chi connectivity index (χ1) is 8.41. The van der Waals surface area contributed by atoms with Crippen molar-refractivity contribution in [1.82, 2.24) is 4.98 Å². The van der Waals surface area contributed by atoms with Crippen LogP contribution in [0.2, 0.25) is 0 Å². The van der Waals surface area contributed by atoms with E-state index >= 15 is 0 Å². The third-order valence-corrected chi connectivity index (χ3v) is 2.15. The molecule has 0 aliphatic heterocycles. The lowest BCUT2D eigenvalue weighted by Crippen LogP contribution is -2.28. The Hall–Kier alpha value is -2.18. The highest BCUT2D eigenvalue weighted by Crippen LogP contribution is 2.25. The fourth-order valence-corrected chi connectivity index (χ4v) is 1.39. The van der Waals surface area contributed by atoms with Crippen LogP contribution in [0.4, 0.5) is 5.82 Å². The number of pyridine rings is 1. The summed E-state index contributed by atoms with van der Waals surface area (Å²) in [5.74, 6) is -1.66. The molecule has 1 heterocycles. The van der Waals surface area contributed by atoms with Gasteiger partial charge in [-0.25, -0.2) is 4.79 Å². The van der Waals surface area contributed by atoms with E-state index in [2.05, 4.69) is 4.98 Å². The van der Waals surface area contributed by atoms with Gasteiger partial charge in [-0.1, -0.05) is 13.8 Å². The minimum absolute atomic E-state index is 0.0989. The van der Waals surface area contributed by atoms with Gasteiger partial charge in [-0.2, -0.15) is 0 Å². The molecule has 0 saturated carbocycles. The van der Waals surface area contributed by atoms with Crippen molar-refractivity contribution < 1.29 is 19.6 Å². The summed E-state index contributed by atoms with van der Waals surface area (Å²) in [6.45, 7) is 3.69. The van der Waals surface area contributed by atoms with Crippen LogP contribution in [0, 0.1) is 16.0 Å². The van der Waals surface area contributed by atoms with Gasteiger partial charge in [0.05, 0.1) is 0 Å². The van der Waals surface area contributed by atoms with E-state index in [1.54, 1.807) is 0 Å². The van der Waals surface area contributed by atoms with Gasteiger partial charge in [0.1, 0.15) is 6.20 Å². The first-order valence-corrected chi connectivity index (χ1v) is 5.40. The Bertz CT molecular complexity index is 447. The number of nitrogens with zero attached hydrogens (tertiary/aromatic N) is 2. The molecule has 1 rings (SSSR count). The second kappa shape index (κ2) is 5.95. The normalized spacial score (nSPS) is 12.2. The summed E-state index contributed by atoms with van der Waals surface area (Å²) in [6, 6.07) is 2.79. The molecule has 1 atom stereocenters. The third-order valence-electron chi connectivity index (χ3n) is 2.15. The number of nitro groups is 1. The van der Waals surface area contributed by atoms with Gasteiger partial charge in [-0.3, -0.25) is 0 Å². The van der Waals surface area contributed by atoms with Gasteiger partial charge in [0.2, 0.25) is 5.75 Å². The largest absolute Gasteiger partial charge is 0.479 e. The molecule has 0 aromatic carbocycles. The zero-order chi connectivity index (χ0) is 13.7. The van der Waals surface area contributed by atoms with Gasteiger partial charge in [-0.05, 0) is 34.4 Å². The second-order valence-corrected chi connectivity index (χ2v) is 4.16. The molecule has 7 heteroatoms. The number of ether oxygens (including phenoxy) is 1. The first-order valence-electron chi connectivity index (χ1n) is 5.40. The molecule has 1 aromatic heterocycles. The van der Waals surface area contributed by atoms with Crippen LogP contribution < -0.4 is 4.74 Å². The van der Waals surface area contributed by atoms with Crippen LogP contribution in [0.1, 0.15) is 20.3 Å². The summed E-state index contributed by atoms with van der Waals surface area (Å²) in [4.78, 5) is 24.6. The molecule has 0 amide bonds.